The van der Waals surface area contributed by atoms with E-state index in [2.05, 4.69) is 11.8 Å². The molecule has 3 aliphatic rings. The molecule has 13 heavy (non-hydrogen) atoms. The van der Waals surface area contributed by atoms with E-state index in [0.29, 0.717) is 5.54 Å². The molecule has 0 N–H and O–H groups in total. The zero-order valence-electron chi connectivity index (χ0n) is 8.30. The Balaban J connectivity index is 1.86. The number of nitrogens with zero attached hydrogens (tertiary/aromatic N) is 1. The Bertz CT molecular complexity index is 230. The van der Waals surface area contributed by atoms with Crippen LogP contribution in [0, 0.1) is 11.8 Å². The summed E-state index contributed by atoms with van der Waals surface area (Å²) in [6.07, 6.45) is 4.22. The van der Waals surface area contributed by atoms with Gasteiger partial charge >= 0.3 is 0 Å². The highest BCUT2D eigenvalue weighted by Crippen LogP contribution is 2.57. The van der Waals surface area contributed by atoms with E-state index in [9.17, 15) is 4.39 Å². The molecule has 1 nitrogen and oxygen atoms in total. The minimum Gasteiger partial charge on any atom is -0.294 e. The Hall–Kier alpha value is -0.110. The van der Waals surface area contributed by atoms with Gasteiger partial charge in [0.25, 0.3) is 0 Å². The second-order valence-corrected chi connectivity index (χ2v) is 5.27. The van der Waals surface area contributed by atoms with Crippen LogP contribution < -0.4 is 0 Å². The first-order valence-corrected chi connectivity index (χ1v) is 5.61. The first kappa shape index (κ1) is 8.22. The second-order valence-electron chi connectivity index (χ2n) is 5.27. The van der Waals surface area contributed by atoms with Gasteiger partial charge in [-0.05, 0) is 44.1 Å². The summed E-state index contributed by atoms with van der Waals surface area (Å²) in [7, 11) is 0. The van der Waals surface area contributed by atoms with Crippen molar-refractivity contribution < 1.29 is 4.39 Å². The molecule has 1 aliphatic carbocycles. The van der Waals surface area contributed by atoms with Gasteiger partial charge in [0.15, 0.2) is 0 Å². The number of rotatable bonds is 1. The van der Waals surface area contributed by atoms with E-state index in [-0.39, 0.29) is 0 Å². The number of hydrogen-bond donors (Lipinski definition) is 0. The van der Waals surface area contributed by atoms with Crippen molar-refractivity contribution in [2.75, 3.05) is 13.1 Å². The van der Waals surface area contributed by atoms with Crippen LogP contribution in [0.2, 0.25) is 0 Å². The van der Waals surface area contributed by atoms with Crippen LogP contribution in [0.5, 0.6) is 0 Å². The lowest BCUT2D eigenvalue weighted by Crippen LogP contribution is -2.40. The van der Waals surface area contributed by atoms with Crippen LogP contribution in [0.3, 0.4) is 0 Å². The Morgan fingerprint density at radius 1 is 1.46 bits per heavy atom. The van der Waals surface area contributed by atoms with Crippen LogP contribution in [-0.2, 0) is 0 Å². The Kier molecular flexibility index (Phi) is 1.56. The largest absolute Gasteiger partial charge is 0.294 e. The van der Waals surface area contributed by atoms with E-state index in [1.165, 1.54) is 19.3 Å². The van der Waals surface area contributed by atoms with Gasteiger partial charge in [-0.15, -0.1) is 0 Å². The van der Waals surface area contributed by atoms with Crippen LogP contribution in [0.1, 0.15) is 32.6 Å². The van der Waals surface area contributed by atoms with E-state index in [1.54, 1.807) is 0 Å². The second kappa shape index (κ2) is 2.47. The van der Waals surface area contributed by atoms with Gasteiger partial charge in [-0.3, -0.25) is 4.90 Å². The molecule has 2 aliphatic heterocycles. The summed E-state index contributed by atoms with van der Waals surface area (Å²) in [5.74, 6) is 1.70. The average Bonchev–Trinajstić information content (AvgIpc) is 2.54. The molecule has 0 aromatic heterocycles. The molecule has 3 rings (SSSR count). The van der Waals surface area contributed by atoms with Crippen molar-refractivity contribution in [3.05, 3.63) is 0 Å². The maximum absolute atomic E-state index is 13.4. The van der Waals surface area contributed by atoms with E-state index >= 15 is 0 Å². The minimum atomic E-state index is -0.534. The van der Waals surface area contributed by atoms with Crippen molar-refractivity contribution >= 4 is 0 Å². The van der Waals surface area contributed by atoms with E-state index in [1.807, 2.05) is 0 Å². The van der Waals surface area contributed by atoms with Crippen molar-refractivity contribution in [3.8, 4) is 0 Å². The molecule has 2 heterocycles. The maximum Gasteiger partial charge on any atom is 0.115 e. The van der Waals surface area contributed by atoms with Gasteiger partial charge < -0.3 is 0 Å². The Morgan fingerprint density at radius 2 is 2.23 bits per heavy atom. The molecule has 2 heteroatoms. The molecule has 1 unspecified atom stereocenters. The van der Waals surface area contributed by atoms with Gasteiger partial charge in [0, 0.05) is 12.1 Å². The quantitative estimate of drug-likeness (QED) is 0.602. The molecular formula is C11H18FN. The number of alkyl halides is 1. The Labute approximate surface area is 79.3 Å². The standard InChI is InChI=1S/C11H18FN/c1-8-5-10(8)11-3-2-4-13(11)7-9(12)6-11/h8-10H,2-7H2,1H3/t8-,9+,10?,11-/m0/s1. The lowest BCUT2D eigenvalue weighted by Gasteiger charge is -2.32. The van der Waals surface area contributed by atoms with Gasteiger partial charge in [-0.25, -0.2) is 4.39 Å². The molecule has 0 spiro atoms. The fraction of sp³-hybridized carbons (Fsp3) is 1.00. The molecule has 74 valence electrons. The van der Waals surface area contributed by atoms with Crippen LogP contribution >= 0.6 is 0 Å². The lowest BCUT2D eigenvalue weighted by molar-refractivity contribution is 0.160. The number of fused-ring (bicyclic) bond motifs is 1. The molecule has 0 amide bonds. The van der Waals surface area contributed by atoms with Gasteiger partial charge in [0.2, 0.25) is 0 Å². The minimum absolute atomic E-state index is 0.318. The molecule has 4 atom stereocenters. The highest BCUT2D eigenvalue weighted by atomic mass is 19.1. The van der Waals surface area contributed by atoms with Crippen molar-refractivity contribution in [1.29, 1.82) is 0 Å². The summed E-state index contributed by atoms with van der Waals surface area (Å²) in [5, 5.41) is 0. The molecule has 0 aromatic carbocycles. The molecule has 0 aromatic rings. The summed E-state index contributed by atoms with van der Waals surface area (Å²) >= 11 is 0. The van der Waals surface area contributed by atoms with Crippen LogP contribution in [0.4, 0.5) is 4.39 Å². The third-order valence-electron chi connectivity index (χ3n) is 4.46. The van der Waals surface area contributed by atoms with Crippen molar-refractivity contribution in [1.82, 2.24) is 4.90 Å². The normalized spacial score (nSPS) is 55.4. The van der Waals surface area contributed by atoms with Gasteiger partial charge in [-0.1, -0.05) is 6.92 Å². The molecular weight excluding hydrogens is 165 g/mol. The molecule has 0 bridgehead atoms. The average molecular weight is 183 g/mol. The monoisotopic (exact) mass is 183 g/mol. The van der Waals surface area contributed by atoms with Crippen molar-refractivity contribution in [3.63, 3.8) is 0 Å². The zero-order chi connectivity index (χ0) is 9.05. The fourth-order valence-corrected chi connectivity index (χ4v) is 3.79. The predicted molar refractivity (Wildman–Crippen MR) is 50.3 cm³/mol. The SMILES string of the molecule is C[C@H]1CC1[C@@]12CCCN1C[C@H](F)C2. The van der Waals surface area contributed by atoms with Crippen LogP contribution in [-0.4, -0.2) is 29.7 Å². The first-order chi connectivity index (χ1) is 6.22. The highest BCUT2D eigenvalue weighted by molar-refractivity contribution is 5.13. The summed E-state index contributed by atoms with van der Waals surface area (Å²) in [6.45, 7) is 4.20. The number of halogens is 1. The van der Waals surface area contributed by atoms with Crippen LogP contribution in [0.25, 0.3) is 0 Å². The fourth-order valence-electron chi connectivity index (χ4n) is 3.79. The molecule has 1 saturated carbocycles. The first-order valence-electron chi connectivity index (χ1n) is 5.61. The molecule has 2 saturated heterocycles. The summed E-state index contributed by atoms with van der Waals surface area (Å²) < 4.78 is 13.4. The molecule has 0 radical (unpaired) electrons. The topological polar surface area (TPSA) is 3.24 Å². The van der Waals surface area contributed by atoms with E-state index < -0.39 is 6.17 Å². The van der Waals surface area contributed by atoms with Crippen LogP contribution in [0.15, 0.2) is 0 Å². The number of hydrogen-bond acceptors (Lipinski definition) is 1. The van der Waals surface area contributed by atoms with Crippen molar-refractivity contribution in [2.24, 2.45) is 11.8 Å². The summed E-state index contributed by atoms with van der Waals surface area (Å²) in [5.41, 5.74) is 0.318. The summed E-state index contributed by atoms with van der Waals surface area (Å²) in [4.78, 5) is 2.45. The predicted octanol–water partition coefficient (Wildman–Crippen LogP) is 2.22. The highest BCUT2D eigenvalue weighted by Gasteiger charge is 2.59. The van der Waals surface area contributed by atoms with Gasteiger partial charge in [0.05, 0.1) is 0 Å². The summed E-state index contributed by atoms with van der Waals surface area (Å²) in [6, 6.07) is 0. The van der Waals surface area contributed by atoms with E-state index in [4.69, 9.17) is 0 Å². The van der Waals surface area contributed by atoms with Gasteiger partial charge in [0.1, 0.15) is 6.17 Å². The lowest BCUT2D eigenvalue weighted by atomic mass is 9.87. The maximum atomic E-state index is 13.4. The van der Waals surface area contributed by atoms with E-state index in [0.717, 1.165) is 31.3 Å². The zero-order valence-corrected chi connectivity index (χ0v) is 8.30. The molecule has 3 fully saturated rings. The smallest absolute Gasteiger partial charge is 0.115 e. The third-order valence-corrected chi connectivity index (χ3v) is 4.46. The van der Waals surface area contributed by atoms with Crippen molar-refractivity contribution in [2.45, 2.75) is 44.3 Å². The third kappa shape index (κ3) is 1.01. The van der Waals surface area contributed by atoms with Gasteiger partial charge in [-0.2, -0.15) is 0 Å². The Morgan fingerprint density at radius 3 is 2.92 bits per heavy atom.